The van der Waals surface area contributed by atoms with Crippen LogP contribution in [0.1, 0.15) is 24.8 Å². The molecule has 19 heavy (non-hydrogen) atoms. The molecule has 1 aromatic carbocycles. The maximum atomic E-state index is 10.6. The molecule has 3 N–H and O–H groups in total. The molecule has 1 fully saturated rings. The third kappa shape index (κ3) is 5.01. The van der Waals surface area contributed by atoms with Gasteiger partial charge in [0, 0.05) is 24.8 Å². The highest BCUT2D eigenvalue weighted by Crippen LogP contribution is 2.06. The number of nitrogens with one attached hydrogen (secondary N) is 1. The molecule has 0 unspecified atom stereocenters. The molecule has 1 aliphatic heterocycles. The topological polar surface area (TPSA) is 56.8 Å². The lowest BCUT2D eigenvalue weighted by Crippen LogP contribution is -3.12. The van der Waals surface area contributed by atoms with Crippen LogP contribution in [0.3, 0.4) is 0 Å². The number of benzene rings is 1. The molecule has 4 heteroatoms. The Bertz CT molecular complexity index is 386. The van der Waals surface area contributed by atoms with Crippen molar-refractivity contribution < 1.29 is 14.4 Å². The van der Waals surface area contributed by atoms with Crippen molar-refractivity contribution in [3.63, 3.8) is 0 Å². The molecule has 0 atom stereocenters. The van der Waals surface area contributed by atoms with E-state index in [4.69, 9.17) is 10.5 Å². The molecule has 1 heterocycles. The molecule has 0 aromatic heterocycles. The predicted octanol–water partition coefficient (Wildman–Crippen LogP) is 0.126. The van der Waals surface area contributed by atoms with Crippen LogP contribution in [0, 0.1) is 0 Å². The van der Waals surface area contributed by atoms with Gasteiger partial charge in [-0.1, -0.05) is 30.3 Å². The highest BCUT2D eigenvalue weighted by Gasteiger charge is 2.22. The van der Waals surface area contributed by atoms with E-state index in [1.807, 2.05) is 0 Å². The highest BCUT2D eigenvalue weighted by molar-refractivity contribution is 5.73. The van der Waals surface area contributed by atoms with Crippen LogP contribution < -0.4 is 10.6 Å². The van der Waals surface area contributed by atoms with E-state index < -0.39 is 0 Å². The number of rotatable bonds is 6. The van der Waals surface area contributed by atoms with Gasteiger partial charge in [0.15, 0.2) is 0 Å². The molecule has 1 aromatic rings. The Balaban J connectivity index is 1.66. The summed E-state index contributed by atoms with van der Waals surface area (Å²) in [6.07, 6.45) is 2.78. The van der Waals surface area contributed by atoms with Crippen molar-refractivity contribution >= 4 is 5.91 Å². The summed E-state index contributed by atoms with van der Waals surface area (Å²) in [5.41, 5.74) is 6.49. The molecule has 1 amide bonds. The van der Waals surface area contributed by atoms with Gasteiger partial charge in [-0.25, -0.2) is 0 Å². The number of piperidine rings is 1. The molecule has 0 spiro atoms. The number of carbonyl (C=O) groups is 1. The second kappa shape index (κ2) is 7.26. The zero-order valence-electron chi connectivity index (χ0n) is 11.3. The van der Waals surface area contributed by atoms with E-state index in [1.54, 1.807) is 4.90 Å². The highest BCUT2D eigenvalue weighted by atomic mass is 16.5. The van der Waals surface area contributed by atoms with E-state index in [-0.39, 0.29) is 5.91 Å². The Morgan fingerprint density at radius 1 is 1.26 bits per heavy atom. The lowest BCUT2D eigenvalue weighted by molar-refractivity contribution is -0.919. The van der Waals surface area contributed by atoms with Crippen molar-refractivity contribution in [3.05, 3.63) is 35.9 Å². The summed E-state index contributed by atoms with van der Waals surface area (Å²) >= 11 is 0. The van der Waals surface area contributed by atoms with Crippen LogP contribution in [0.4, 0.5) is 0 Å². The number of likely N-dealkylation sites (tertiary alicyclic amines) is 1. The van der Waals surface area contributed by atoms with Gasteiger partial charge in [-0.15, -0.1) is 0 Å². The summed E-state index contributed by atoms with van der Waals surface area (Å²) in [5.74, 6) is -0.285. The third-order valence-corrected chi connectivity index (χ3v) is 3.64. The maximum absolute atomic E-state index is 10.6. The quantitative estimate of drug-likeness (QED) is 0.766. The van der Waals surface area contributed by atoms with Crippen molar-refractivity contribution in [1.29, 1.82) is 0 Å². The van der Waals surface area contributed by atoms with E-state index in [1.165, 1.54) is 5.56 Å². The molecule has 0 aliphatic carbocycles. The van der Waals surface area contributed by atoms with Crippen LogP contribution in [-0.2, 0) is 16.1 Å². The van der Waals surface area contributed by atoms with Gasteiger partial charge in [0.1, 0.15) is 6.54 Å². The molecule has 0 saturated carbocycles. The van der Waals surface area contributed by atoms with Crippen molar-refractivity contribution in [1.82, 2.24) is 0 Å². The van der Waals surface area contributed by atoms with Crippen molar-refractivity contribution in [3.8, 4) is 0 Å². The Kier molecular flexibility index (Phi) is 5.36. The fraction of sp³-hybridized carbons (Fsp3) is 0.533. The predicted molar refractivity (Wildman–Crippen MR) is 73.6 cm³/mol. The van der Waals surface area contributed by atoms with E-state index in [0.717, 1.165) is 32.5 Å². The number of hydrogen-bond acceptors (Lipinski definition) is 2. The fourth-order valence-corrected chi connectivity index (χ4v) is 2.55. The Morgan fingerprint density at radius 2 is 1.95 bits per heavy atom. The number of hydrogen-bond donors (Lipinski definition) is 2. The lowest BCUT2D eigenvalue weighted by atomic mass is 10.1. The number of ether oxygens (including phenoxy) is 1. The van der Waals surface area contributed by atoms with Gasteiger partial charge in [0.2, 0.25) is 5.91 Å². The fourth-order valence-electron chi connectivity index (χ4n) is 2.55. The van der Waals surface area contributed by atoms with E-state index in [9.17, 15) is 4.79 Å². The molecule has 104 valence electrons. The zero-order valence-corrected chi connectivity index (χ0v) is 11.3. The number of carbonyl (C=O) groups excluding carboxylic acids is 1. The Hall–Kier alpha value is -1.39. The molecule has 1 aliphatic rings. The van der Waals surface area contributed by atoms with Crippen molar-refractivity contribution in [2.75, 3.05) is 19.7 Å². The maximum Gasteiger partial charge on any atom is 0.219 e. The first kappa shape index (κ1) is 14.0. The number of amides is 1. The molecule has 4 nitrogen and oxygen atoms in total. The molecule has 0 bridgehead atoms. The van der Waals surface area contributed by atoms with E-state index in [2.05, 4.69) is 30.3 Å². The van der Waals surface area contributed by atoms with E-state index in [0.29, 0.717) is 19.1 Å². The first-order chi connectivity index (χ1) is 9.24. The summed E-state index contributed by atoms with van der Waals surface area (Å²) in [6, 6.07) is 10.6. The average molecular weight is 263 g/mol. The summed E-state index contributed by atoms with van der Waals surface area (Å²) in [4.78, 5) is 12.2. The first-order valence-corrected chi connectivity index (χ1v) is 7.01. The normalized spacial score (nSPS) is 23.2. The van der Waals surface area contributed by atoms with Gasteiger partial charge in [-0.2, -0.15) is 0 Å². The SMILES string of the molecule is NC(=O)CCOC1CC[NH+](Cc2ccccc2)CC1. The van der Waals surface area contributed by atoms with Gasteiger partial charge < -0.3 is 15.4 Å². The van der Waals surface area contributed by atoms with Crippen LogP contribution in [0.15, 0.2) is 30.3 Å². The van der Waals surface area contributed by atoms with Gasteiger partial charge in [-0.05, 0) is 0 Å². The summed E-state index contributed by atoms with van der Waals surface area (Å²) in [5, 5.41) is 0. The molecule has 1 saturated heterocycles. The second-order valence-electron chi connectivity index (χ2n) is 5.20. The minimum absolute atomic E-state index is 0.285. The summed E-state index contributed by atoms with van der Waals surface area (Å²) in [6.45, 7) is 3.83. The average Bonchev–Trinajstić information content (AvgIpc) is 2.42. The Morgan fingerprint density at radius 3 is 2.58 bits per heavy atom. The monoisotopic (exact) mass is 263 g/mol. The molecular weight excluding hydrogens is 240 g/mol. The van der Waals surface area contributed by atoms with E-state index >= 15 is 0 Å². The molecule has 0 radical (unpaired) electrons. The molecule has 2 rings (SSSR count). The van der Waals surface area contributed by atoms with Crippen LogP contribution in [0.2, 0.25) is 0 Å². The minimum Gasteiger partial charge on any atom is -0.377 e. The second-order valence-corrected chi connectivity index (χ2v) is 5.20. The van der Waals surface area contributed by atoms with Gasteiger partial charge in [0.05, 0.1) is 25.8 Å². The zero-order chi connectivity index (χ0) is 13.5. The van der Waals surface area contributed by atoms with Crippen LogP contribution in [-0.4, -0.2) is 31.7 Å². The summed E-state index contributed by atoms with van der Waals surface area (Å²) in [7, 11) is 0. The van der Waals surface area contributed by atoms with Gasteiger partial charge in [-0.3, -0.25) is 4.79 Å². The Labute approximate surface area is 114 Å². The third-order valence-electron chi connectivity index (χ3n) is 3.64. The van der Waals surface area contributed by atoms with Gasteiger partial charge in [0.25, 0.3) is 0 Å². The number of quaternary nitrogens is 1. The smallest absolute Gasteiger partial charge is 0.219 e. The standard InChI is InChI=1S/C15H22N2O2/c16-15(18)8-11-19-14-6-9-17(10-7-14)12-13-4-2-1-3-5-13/h1-5,14H,6-12H2,(H2,16,18)/p+1. The number of primary amides is 1. The lowest BCUT2D eigenvalue weighted by Gasteiger charge is -2.29. The first-order valence-electron chi connectivity index (χ1n) is 7.01. The van der Waals surface area contributed by atoms with Crippen molar-refractivity contribution in [2.24, 2.45) is 5.73 Å². The van der Waals surface area contributed by atoms with Crippen LogP contribution in [0.25, 0.3) is 0 Å². The van der Waals surface area contributed by atoms with Crippen LogP contribution >= 0.6 is 0 Å². The van der Waals surface area contributed by atoms with Crippen molar-refractivity contribution in [2.45, 2.75) is 31.9 Å². The van der Waals surface area contributed by atoms with Crippen LogP contribution in [0.5, 0.6) is 0 Å². The number of nitrogens with two attached hydrogens (primary N) is 1. The largest absolute Gasteiger partial charge is 0.377 e. The van der Waals surface area contributed by atoms with Gasteiger partial charge >= 0.3 is 0 Å². The molecular formula is C15H23N2O2+. The minimum atomic E-state index is -0.285. The summed E-state index contributed by atoms with van der Waals surface area (Å²) < 4.78 is 5.68.